The average molecular weight is 408 g/mol. The fraction of sp³-hybridized carbons (Fsp3) is 0.417. The lowest BCUT2D eigenvalue weighted by atomic mass is 9.98. The van der Waals surface area contributed by atoms with Gasteiger partial charge >= 0.3 is 0 Å². The average Bonchev–Trinajstić information content (AvgIpc) is 2.77. The van der Waals surface area contributed by atoms with Crippen molar-refractivity contribution in [2.45, 2.75) is 38.8 Å². The predicted octanol–water partition coefficient (Wildman–Crippen LogP) is 2.51. The second-order valence-electron chi connectivity index (χ2n) is 8.12. The van der Waals surface area contributed by atoms with Crippen LogP contribution in [-0.4, -0.2) is 49.0 Å². The van der Waals surface area contributed by atoms with Crippen molar-refractivity contribution in [1.29, 1.82) is 0 Å². The highest BCUT2D eigenvalue weighted by Gasteiger charge is 2.22. The summed E-state index contributed by atoms with van der Waals surface area (Å²) in [7, 11) is 0. The van der Waals surface area contributed by atoms with Gasteiger partial charge in [0, 0.05) is 32.1 Å². The molecule has 2 aliphatic heterocycles. The number of benzene rings is 2. The van der Waals surface area contributed by atoms with Gasteiger partial charge < -0.3 is 20.3 Å². The van der Waals surface area contributed by atoms with Crippen LogP contribution in [0.5, 0.6) is 5.75 Å². The zero-order valence-electron chi connectivity index (χ0n) is 17.4. The molecule has 6 heteroatoms. The van der Waals surface area contributed by atoms with Gasteiger partial charge in [-0.25, -0.2) is 0 Å². The molecule has 2 N–H and O–H groups in total. The number of amides is 2. The molecule has 1 atom stereocenters. The summed E-state index contributed by atoms with van der Waals surface area (Å²) in [5.74, 6) is 0.956. The Morgan fingerprint density at radius 3 is 2.80 bits per heavy atom. The SMILES string of the molecule is CC(CC(=O)N1CCNC(=O)C1)NCc1ccc(-c2ccc3c(c2)CCCO3)cc1. The van der Waals surface area contributed by atoms with E-state index in [-0.39, 0.29) is 24.4 Å². The molecule has 4 rings (SSSR count). The predicted molar refractivity (Wildman–Crippen MR) is 116 cm³/mol. The Morgan fingerprint density at radius 2 is 2.00 bits per heavy atom. The Balaban J connectivity index is 1.29. The number of hydrogen-bond acceptors (Lipinski definition) is 4. The molecular formula is C24H29N3O3. The number of fused-ring (bicyclic) bond motifs is 1. The van der Waals surface area contributed by atoms with E-state index in [0.29, 0.717) is 26.1 Å². The van der Waals surface area contributed by atoms with E-state index in [0.717, 1.165) is 25.2 Å². The van der Waals surface area contributed by atoms with Crippen molar-refractivity contribution in [2.24, 2.45) is 0 Å². The Morgan fingerprint density at radius 1 is 1.20 bits per heavy atom. The fourth-order valence-corrected chi connectivity index (χ4v) is 3.96. The second-order valence-corrected chi connectivity index (χ2v) is 8.12. The van der Waals surface area contributed by atoms with E-state index >= 15 is 0 Å². The maximum absolute atomic E-state index is 12.4. The first-order valence-corrected chi connectivity index (χ1v) is 10.7. The van der Waals surface area contributed by atoms with Gasteiger partial charge in [-0.2, -0.15) is 0 Å². The van der Waals surface area contributed by atoms with Crippen LogP contribution in [0.25, 0.3) is 11.1 Å². The molecule has 2 heterocycles. The smallest absolute Gasteiger partial charge is 0.239 e. The van der Waals surface area contributed by atoms with Crippen molar-refractivity contribution >= 4 is 11.8 Å². The highest BCUT2D eigenvalue weighted by atomic mass is 16.5. The third-order valence-corrected chi connectivity index (χ3v) is 5.72. The highest BCUT2D eigenvalue weighted by Crippen LogP contribution is 2.30. The van der Waals surface area contributed by atoms with Crippen LogP contribution in [0.4, 0.5) is 0 Å². The Kier molecular flexibility index (Phi) is 6.33. The van der Waals surface area contributed by atoms with E-state index in [9.17, 15) is 9.59 Å². The van der Waals surface area contributed by atoms with Crippen molar-refractivity contribution in [1.82, 2.24) is 15.5 Å². The molecule has 0 aromatic heterocycles. The van der Waals surface area contributed by atoms with Crippen molar-refractivity contribution in [3.63, 3.8) is 0 Å². The summed E-state index contributed by atoms with van der Waals surface area (Å²) in [6.07, 6.45) is 2.54. The first kappa shape index (κ1) is 20.4. The lowest BCUT2D eigenvalue weighted by Crippen LogP contribution is -2.50. The van der Waals surface area contributed by atoms with Crippen molar-refractivity contribution in [3.8, 4) is 16.9 Å². The second kappa shape index (κ2) is 9.30. The summed E-state index contributed by atoms with van der Waals surface area (Å²) in [4.78, 5) is 25.4. The zero-order valence-corrected chi connectivity index (χ0v) is 17.4. The number of piperazine rings is 1. The van der Waals surface area contributed by atoms with E-state index in [1.807, 2.05) is 6.92 Å². The van der Waals surface area contributed by atoms with Crippen molar-refractivity contribution < 1.29 is 14.3 Å². The third-order valence-electron chi connectivity index (χ3n) is 5.72. The number of carbonyl (C=O) groups excluding carboxylic acids is 2. The fourth-order valence-electron chi connectivity index (χ4n) is 3.96. The summed E-state index contributed by atoms with van der Waals surface area (Å²) in [6.45, 7) is 4.82. The standard InChI is InChI=1S/C24H29N3O3/c1-17(13-24(29)27-11-10-25-23(28)16-27)26-15-18-4-6-19(7-5-18)20-8-9-22-21(14-20)3-2-12-30-22/h4-9,14,17,26H,2-3,10-13,15-16H2,1H3,(H,25,28). The molecular weight excluding hydrogens is 378 g/mol. The monoisotopic (exact) mass is 407 g/mol. The topological polar surface area (TPSA) is 70.7 Å². The van der Waals surface area contributed by atoms with E-state index in [1.54, 1.807) is 4.90 Å². The van der Waals surface area contributed by atoms with Crippen LogP contribution in [-0.2, 0) is 22.6 Å². The molecule has 0 bridgehead atoms. The molecule has 2 aromatic carbocycles. The molecule has 1 fully saturated rings. The number of carbonyl (C=O) groups is 2. The van der Waals surface area contributed by atoms with Crippen LogP contribution >= 0.6 is 0 Å². The van der Waals surface area contributed by atoms with Gasteiger partial charge in [-0.05, 0) is 54.2 Å². The summed E-state index contributed by atoms with van der Waals surface area (Å²) in [5, 5.41) is 6.16. The van der Waals surface area contributed by atoms with Crippen LogP contribution in [0, 0.1) is 0 Å². The lowest BCUT2D eigenvalue weighted by Gasteiger charge is -2.27. The van der Waals surface area contributed by atoms with Crippen molar-refractivity contribution in [2.75, 3.05) is 26.2 Å². The van der Waals surface area contributed by atoms with Gasteiger partial charge in [0.2, 0.25) is 11.8 Å². The summed E-state index contributed by atoms with van der Waals surface area (Å²) < 4.78 is 5.70. The summed E-state index contributed by atoms with van der Waals surface area (Å²) in [6, 6.07) is 15.0. The van der Waals surface area contributed by atoms with Crippen LogP contribution in [0.2, 0.25) is 0 Å². The number of hydrogen-bond donors (Lipinski definition) is 2. The summed E-state index contributed by atoms with van der Waals surface area (Å²) >= 11 is 0. The number of ether oxygens (including phenoxy) is 1. The molecule has 1 saturated heterocycles. The molecule has 0 spiro atoms. The number of nitrogens with zero attached hydrogens (tertiary/aromatic N) is 1. The maximum Gasteiger partial charge on any atom is 0.239 e. The number of nitrogens with one attached hydrogen (secondary N) is 2. The van der Waals surface area contributed by atoms with E-state index in [2.05, 4.69) is 53.1 Å². The van der Waals surface area contributed by atoms with Gasteiger partial charge in [0.05, 0.1) is 13.2 Å². The molecule has 30 heavy (non-hydrogen) atoms. The van der Waals surface area contributed by atoms with Gasteiger partial charge in [0.25, 0.3) is 0 Å². The molecule has 2 aromatic rings. The van der Waals surface area contributed by atoms with Crippen LogP contribution in [0.15, 0.2) is 42.5 Å². The first-order chi connectivity index (χ1) is 14.6. The van der Waals surface area contributed by atoms with Crippen LogP contribution in [0.3, 0.4) is 0 Å². The Hall–Kier alpha value is -2.86. The van der Waals surface area contributed by atoms with Crippen molar-refractivity contribution in [3.05, 3.63) is 53.6 Å². The van der Waals surface area contributed by atoms with E-state index in [4.69, 9.17) is 4.74 Å². The molecule has 0 radical (unpaired) electrons. The largest absolute Gasteiger partial charge is 0.493 e. The van der Waals surface area contributed by atoms with Crippen LogP contribution < -0.4 is 15.4 Å². The molecule has 158 valence electrons. The lowest BCUT2D eigenvalue weighted by molar-refractivity contribution is -0.138. The van der Waals surface area contributed by atoms with Gasteiger partial charge in [0.1, 0.15) is 5.75 Å². The minimum Gasteiger partial charge on any atom is -0.493 e. The first-order valence-electron chi connectivity index (χ1n) is 10.7. The summed E-state index contributed by atoms with van der Waals surface area (Å²) in [5.41, 5.74) is 4.87. The zero-order chi connectivity index (χ0) is 20.9. The molecule has 0 saturated carbocycles. The Labute approximate surface area is 177 Å². The molecule has 2 amide bonds. The van der Waals surface area contributed by atoms with Gasteiger partial charge in [-0.15, -0.1) is 0 Å². The highest BCUT2D eigenvalue weighted by molar-refractivity contribution is 5.86. The molecule has 0 aliphatic carbocycles. The molecule has 6 nitrogen and oxygen atoms in total. The van der Waals surface area contributed by atoms with E-state index < -0.39 is 0 Å². The van der Waals surface area contributed by atoms with Gasteiger partial charge in [-0.3, -0.25) is 9.59 Å². The molecule has 2 aliphatic rings. The Bertz CT molecular complexity index is 910. The van der Waals surface area contributed by atoms with Gasteiger partial charge in [0.15, 0.2) is 0 Å². The number of aryl methyl sites for hydroxylation is 1. The molecule has 1 unspecified atom stereocenters. The van der Waals surface area contributed by atoms with E-state index in [1.165, 1.54) is 22.3 Å². The third kappa shape index (κ3) is 5.00. The van der Waals surface area contributed by atoms with Gasteiger partial charge in [-0.1, -0.05) is 30.3 Å². The minimum atomic E-state index is -0.0817. The normalized spacial score (nSPS) is 17.0. The minimum absolute atomic E-state index is 0.0246. The van der Waals surface area contributed by atoms with Crippen LogP contribution in [0.1, 0.15) is 30.9 Å². The quantitative estimate of drug-likeness (QED) is 0.772. The number of rotatable bonds is 6. The maximum atomic E-state index is 12.4.